The first-order valence-electron chi connectivity index (χ1n) is 7.51. The van der Waals surface area contributed by atoms with Crippen LogP contribution in [0.15, 0.2) is 42.5 Å². The van der Waals surface area contributed by atoms with Gasteiger partial charge in [0.05, 0.1) is 6.42 Å². The van der Waals surface area contributed by atoms with Crippen LogP contribution in [0.1, 0.15) is 18.1 Å². The second-order valence-corrected chi connectivity index (χ2v) is 5.81. The molecule has 1 atom stereocenters. The summed E-state index contributed by atoms with van der Waals surface area (Å²) >= 11 is 0. The maximum atomic E-state index is 12.7. The number of rotatable bonds is 2. The Balaban J connectivity index is 1.58. The smallest absolute Gasteiger partial charge is 0.231 e. The predicted octanol–water partition coefficient (Wildman–Crippen LogP) is 2.94. The normalized spacial score (nSPS) is 18.4. The van der Waals surface area contributed by atoms with Crippen molar-refractivity contribution in [1.29, 1.82) is 0 Å². The fourth-order valence-electron chi connectivity index (χ4n) is 3.26. The van der Waals surface area contributed by atoms with Gasteiger partial charge < -0.3 is 14.4 Å². The Hall–Kier alpha value is -2.49. The zero-order chi connectivity index (χ0) is 15.1. The molecule has 4 heteroatoms. The summed E-state index contributed by atoms with van der Waals surface area (Å²) < 4.78 is 10.7. The van der Waals surface area contributed by atoms with Crippen LogP contribution < -0.4 is 14.4 Å². The van der Waals surface area contributed by atoms with Crippen molar-refractivity contribution in [2.75, 3.05) is 11.7 Å². The Morgan fingerprint density at radius 1 is 1.18 bits per heavy atom. The first kappa shape index (κ1) is 13.2. The summed E-state index contributed by atoms with van der Waals surface area (Å²) in [6.45, 7) is 2.35. The maximum Gasteiger partial charge on any atom is 0.231 e. The number of ether oxygens (including phenoxy) is 2. The number of fused-ring (bicyclic) bond motifs is 2. The van der Waals surface area contributed by atoms with Crippen molar-refractivity contribution in [3.8, 4) is 11.5 Å². The number of hydrogen-bond donors (Lipinski definition) is 0. The molecule has 0 bridgehead atoms. The number of carbonyl (C=O) groups is 1. The van der Waals surface area contributed by atoms with Gasteiger partial charge in [0.2, 0.25) is 12.7 Å². The van der Waals surface area contributed by atoms with Crippen LogP contribution >= 0.6 is 0 Å². The summed E-state index contributed by atoms with van der Waals surface area (Å²) in [7, 11) is 0. The Bertz CT molecular complexity index is 741. The van der Waals surface area contributed by atoms with E-state index in [9.17, 15) is 4.79 Å². The first-order chi connectivity index (χ1) is 10.7. The summed E-state index contributed by atoms with van der Waals surface area (Å²) in [5, 5.41) is 0. The second kappa shape index (κ2) is 5.05. The second-order valence-electron chi connectivity index (χ2n) is 5.81. The molecule has 1 unspecified atom stereocenters. The van der Waals surface area contributed by atoms with Gasteiger partial charge in [-0.1, -0.05) is 24.3 Å². The van der Waals surface area contributed by atoms with Gasteiger partial charge in [0.25, 0.3) is 0 Å². The third-order valence-electron chi connectivity index (χ3n) is 4.27. The van der Waals surface area contributed by atoms with Crippen molar-refractivity contribution in [3.05, 3.63) is 53.6 Å². The van der Waals surface area contributed by atoms with Gasteiger partial charge in [-0.05, 0) is 42.7 Å². The molecular weight excluding hydrogens is 278 g/mol. The molecule has 2 aliphatic heterocycles. The third-order valence-corrected chi connectivity index (χ3v) is 4.27. The zero-order valence-electron chi connectivity index (χ0n) is 12.4. The molecule has 22 heavy (non-hydrogen) atoms. The molecular formula is C18H17NO3. The van der Waals surface area contributed by atoms with Crippen LogP contribution in [0.3, 0.4) is 0 Å². The van der Waals surface area contributed by atoms with Crippen molar-refractivity contribution < 1.29 is 14.3 Å². The average Bonchev–Trinajstić information content (AvgIpc) is 3.09. The Labute approximate surface area is 129 Å². The lowest BCUT2D eigenvalue weighted by molar-refractivity contribution is -0.118. The van der Waals surface area contributed by atoms with E-state index in [-0.39, 0.29) is 18.7 Å². The van der Waals surface area contributed by atoms with E-state index in [4.69, 9.17) is 9.47 Å². The average molecular weight is 295 g/mol. The predicted molar refractivity (Wildman–Crippen MR) is 83.4 cm³/mol. The standard InChI is InChI=1S/C18H17NO3/c1-12-8-14-4-2-3-5-15(14)19(12)18(20)10-13-6-7-16-17(9-13)22-11-21-16/h2-7,9,12H,8,10-11H2,1H3. The van der Waals surface area contributed by atoms with Crippen LogP contribution in [0.5, 0.6) is 11.5 Å². The minimum absolute atomic E-state index is 0.122. The van der Waals surface area contributed by atoms with E-state index in [0.717, 1.165) is 29.2 Å². The number of benzene rings is 2. The third kappa shape index (κ3) is 2.11. The van der Waals surface area contributed by atoms with Gasteiger partial charge in [-0.15, -0.1) is 0 Å². The molecule has 2 aromatic carbocycles. The molecule has 2 aromatic rings. The van der Waals surface area contributed by atoms with E-state index in [1.165, 1.54) is 5.56 Å². The zero-order valence-corrected chi connectivity index (χ0v) is 12.4. The fraction of sp³-hybridized carbons (Fsp3) is 0.278. The lowest BCUT2D eigenvalue weighted by Crippen LogP contribution is -2.36. The highest BCUT2D eigenvalue weighted by Crippen LogP contribution is 2.34. The van der Waals surface area contributed by atoms with Crippen LogP contribution in [-0.2, 0) is 17.6 Å². The lowest BCUT2D eigenvalue weighted by atomic mass is 10.1. The molecule has 0 radical (unpaired) electrons. The van der Waals surface area contributed by atoms with Crippen LogP contribution in [0.4, 0.5) is 5.69 Å². The molecule has 0 N–H and O–H groups in total. The summed E-state index contributed by atoms with van der Waals surface area (Å²) in [5.74, 6) is 1.59. The van der Waals surface area contributed by atoms with Crippen LogP contribution in [0.2, 0.25) is 0 Å². The van der Waals surface area contributed by atoms with Gasteiger partial charge in [-0.2, -0.15) is 0 Å². The highest BCUT2D eigenvalue weighted by Gasteiger charge is 2.30. The minimum atomic E-state index is 0.122. The van der Waals surface area contributed by atoms with E-state index < -0.39 is 0 Å². The van der Waals surface area contributed by atoms with Gasteiger partial charge in [0.1, 0.15) is 0 Å². The minimum Gasteiger partial charge on any atom is -0.454 e. The quantitative estimate of drug-likeness (QED) is 0.855. The number of nitrogens with zero attached hydrogens (tertiary/aromatic N) is 1. The first-order valence-corrected chi connectivity index (χ1v) is 7.51. The maximum absolute atomic E-state index is 12.7. The van der Waals surface area contributed by atoms with Crippen molar-refractivity contribution in [1.82, 2.24) is 0 Å². The van der Waals surface area contributed by atoms with E-state index in [1.807, 2.05) is 41.3 Å². The molecule has 0 aliphatic carbocycles. The van der Waals surface area contributed by atoms with Gasteiger partial charge in [0, 0.05) is 11.7 Å². The molecule has 2 aliphatic rings. The lowest BCUT2D eigenvalue weighted by Gasteiger charge is -2.22. The molecule has 4 rings (SSSR count). The molecule has 0 saturated carbocycles. The van der Waals surface area contributed by atoms with E-state index >= 15 is 0 Å². The van der Waals surface area contributed by atoms with Gasteiger partial charge in [-0.25, -0.2) is 0 Å². The number of amides is 1. The summed E-state index contributed by atoms with van der Waals surface area (Å²) in [4.78, 5) is 14.7. The largest absolute Gasteiger partial charge is 0.454 e. The van der Waals surface area contributed by atoms with Crippen molar-refractivity contribution in [2.45, 2.75) is 25.8 Å². The van der Waals surface area contributed by atoms with Crippen molar-refractivity contribution in [3.63, 3.8) is 0 Å². The van der Waals surface area contributed by atoms with Gasteiger partial charge in [0.15, 0.2) is 11.5 Å². The molecule has 0 saturated heterocycles. The van der Waals surface area contributed by atoms with Crippen LogP contribution in [0, 0.1) is 0 Å². The molecule has 0 spiro atoms. The Morgan fingerprint density at radius 2 is 2.00 bits per heavy atom. The molecule has 2 heterocycles. The summed E-state index contributed by atoms with van der Waals surface area (Å²) in [6.07, 6.45) is 1.29. The van der Waals surface area contributed by atoms with E-state index in [2.05, 4.69) is 13.0 Å². The van der Waals surface area contributed by atoms with Crippen LogP contribution in [0.25, 0.3) is 0 Å². The van der Waals surface area contributed by atoms with Crippen molar-refractivity contribution in [2.24, 2.45) is 0 Å². The molecule has 112 valence electrons. The Kier molecular flexibility index (Phi) is 3.03. The number of para-hydroxylation sites is 1. The summed E-state index contributed by atoms with van der Waals surface area (Å²) in [5.41, 5.74) is 3.24. The highest BCUT2D eigenvalue weighted by atomic mass is 16.7. The van der Waals surface area contributed by atoms with E-state index in [1.54, 1.807) is 0 Å². The molecule has 0 aromatic heterocycles. The summed E-state index contributed by atoms with van der Waals surface area (Å²) in [6, 6.07) is 14.0. The van der Waals surface area contributed by atoms with Gasteiger partial charge in [-0.3, -0.25) is 4.79 Å². The Morgan fingerprint density at radius 3 is 2.91 bits per heavy atom. The fourth-order valence-corrected chi connectivity index (χ4v) is 3.26. The topological polar surface area (TPSA) is 38.8 Å². The molecule has 0 fully saturated rings. The SMILES string of the molecule is CC1Cc2ccccc2N1C(=O)Cc1ccc2c(c1)OCO2. The number of anilines is 1. The van der Waals surface area contributed by atoms with Crippen LogP contribution in [-0.4, -0.2) is 18.7 Å². The molecule has 1 amide bonds. The monoisotopic (exact) mass is 295 g/mol. The molecule has 4 nitrogen and oxygen atoms in total. The van der Waals surface area contributed by atoms with Crippen molar-refractivity contribution >= 4 is 11.6 Å². The van der Waals surface area contributed by atoms with Gasteiger partial charge >= 0.3 is 0 Å². The van der Waals surface area contributed by atoms with E-state index in [0.29, 0.717) is 6.42 Å². The highest BCUT2D eigenvalue weighted by molar-refractivity contribution is 5.97. The number of carbonyl (C=O) groups excluding carboxylic acids is 1. The number of hydrogen-bond acceptors (Lipinski definition) is 3.